The molecule has 0 radical (unpaired) electrons. The van der Waals surface area contributed by atoms with E-state index in [1.165, 1.54) is 40.0 Å². The number of benzene rings is 1. The van der Waals surface area contributed by atoms with Gasteiger partial charge in [-0.2, -0.15) is 4.31 Å². The fraction of sp³-hybridized carbons (Fsp3) is 0.316. The number of amides is 1. The first-order valence-corrected chi connectivity index (χ1v) is 11.8. The highest BCUT2D eigenvalue weighted by molar-refractivity contribution is 8.00. The molecule has 12 heteroatoms. The second kappa shape index (κ2) is 9.28. The van der Waals surface area contributed by atoms with Crippen LogP contribution in [0.3, 0.4) is 0 Å². The van der Waals surface area contributed by atoms with Gasteiger partial charge in [0.25, 0.3) is 0 Å². The van der Waals surface area contributed by atoms with E-state index in [4.69, 9.17) is 0 Å². The molecule has 0 aliphatic carbocycles. The van der Waals surface area contributed by atoms with Gasteiger partial charge in [0, 0.05) is 19.3 Å². The molecule has 0 aliphatic heterocycles. The summed E-state index contributed by atoms with van der Waals surface area (Å²) >= 11 is 0.982. The van der Waals surface area contributed by atoms with Crippen LogP contribution in [-0.2, 0) is 14.8 Å². The maximum absolute atomic E-state index is 13.8. The molecule has 1 unspecified atom stereocenters. The fourth-order valence-corrected chi connectivity index (χ4v) is 5.14. The van der Waals surface area contributed by atoms with Gasteiger partial charge < -0.3 is 5.32 Å². The molecule has 1 amide bonds. The van der Waals surface area contributed by atoms with Gasteiger partial charge in [-0.05, 0) is 31.2 Å². The molecule has 3 rings (SSSR count). The molecule has 0 saturated heterocycles. The number of para-hydroxylation sites is 1. The standard InChI is InChI=1S/C19H21F2N5O3S2/c1-4-25(5-2)31(28,29)13-9-10-16-23-24-19(26(16)11-13)30-12(3)18(27)22-17-14(20)7-6-8-15(17)21/h6-12H,4-5H2,1-3H3,(H,22,27). The smallest absolute Gasteiger partial charge is 0.244 e. The van der Waals surface area contributed by atoms with Gasteiger partial charge in [-0.25, -0.2) is 17.2 Å². The quantitative estimate of drug-likeness (QED) is 0.509. The number of carbonyl (C=O) groups is 1. The van der Waals surface area contributed by atoms with E-state index in [-0.39, 0.29) is 10.1 Å². The zero-order valence-electron chi connectivity index (χ0n) is 17.0. The van der Waals surface area contributed by atoms with Crippen molar-refractivity contribution < 1.29 is 22.0 Å². The van der Waals surface area contributed by atoms with Crippen molar-refractivity contribution in [2.75, 3.05) is 18.4 Å². The molecule has 1 N–H and O–H groups in total. The van der Waals surface area contributed by atoms with Crippen LogP contribution in [0.4, 0.5) is 14.5 Å². The van der Waals surface area contributed by atoms with Gasteiger partial charge in [-0.15, -0.1) is 10.2 Å². The molecule has 0 aliphatic rings. The summed E-state index contributed by atoms with van der Waals surface area (Å²) in [6, 6.07) is 6.25. The summed E-state index contributed by atoms with van der Waals surface area (Å²) in [5.41, 5.74) is -0.132. The predicted molar refractivity (Wildman–Crippen MR) is 113 cm³/mol. The lowest BCUT2D eigenvalue weighted by Crippen LogP contribution is -2.30. The minimum absolute atomic E-state index is 0.0656. The van der Waals surface area contributed by atoms with Crippen molar-refractivity contribution in [2.45, 2.75) is 36.1 Å². The second-order valence-corrected chi connectivity index (χ2v) is 9.76. The lowest BCUT2D eigenvalue weighted by atomic mass is 10.3. The van der Waals surface area contributed by atoms with Crippen LogP contribution in [0.15, 0.2) is 46.6 Å². The predicted octanol–water partition coefficient (Wildman–Crippen LogP) is 3.16. The third kappa shape index (κ3) is 4.70. The number of anilines is 1. The Balaban J connectivity index is 1.85. The Bertz CT molecular complexity index is 1190. The molecule has 0 fully saturated rings. The molecular weight excluding hydrogens is 448 g/mol. The summed E-state index contributed by atoms with van der Waals surface area (Å²) in [4.78, 5) is 12.5. The fourth-order valence-electron chi connectivity index (χ4n) is 2.85. The number of nitrogens with zero attached hydrogens (tertiary/aromatic N) is 4. The van der Waals surface area contributed by atoms with E-state index in [1.54, 1.807) is 13.8 Å². The normalized spacial score (nSPS) is 13.0. The maximum Gasteiger partial charge on any atom is 0.244 e. The number of pyridine rings is 1. The highest BCUT2D eigenvalue weighted by Gasteiger charge is 2.24. The van der Waals surface area contributed by atoms with Crippen molar-refractivity contribution in [3.05, 3.63) is 48.2 Å². The minimum atomic E-state index is -3.70. The number of hydrogen-bond donors (Lipinski definition) is 1. The molecule has 166 valence electrons. The zero-order valence-corrected chi connectivity index (χ0v) is 18.7. The molecule has 1 aromatic carbocycles. The number of thioether (sulfide) groups is 1. The Kier molecular flexibility index (Phi) is 6.92. The van der Waals surface area contributed by atoms with E-state index in [9.17, 15) is 22.0 Å². The summed E-state index contributed by atoms with van der Waals surface area (Å²) in [6.45, 7) is 5.68. The van der Waals surface area contributed by atoms with Gasteiger partial charge in [0.05, 0.1) is 10.1 Å². The van der Waals surface area contributed by atoms with Crippen molar-refractivity contribution >= 4 is 39.0 Å². The van der Waals surface area contributed by atoms with Gasteiger partial charge >= 0.3 is 0 Å². The van der Waals surface area contributed by atoms with E-state index < -0.39 is 38.5 Å². The number of aromatic nitrogens is 3. The van der Waals surface area contributed by atoms with Crippen LogP contribution in [0.1, 0.15) is 20.8 Å². The monoisotopic (exact) mass is 469 g/mol. The summed E-state index contributed by atoms with van der Waals surface area (Å²) in [7, 11) is -3.70. The largest absolute Gasteiger partial charge is 0.320 e. The lowest BCUT2D eigenvalue weighted by Gasteiger charge is -2.18. The Hall–Kier alpha value is -2.57. The average Bonchev–Trinajstić information content (AvgIpc) is 3.13. The van der Waals surface area contributed by atoms with E-state index in [0.717, 1.165) is 23.9 Å². The number of rotatable bonds is 8. The topological polar surface area (TPSA) is 96.7 Å². The molecule has 0 bridgehead atoms. The van der Waals surface area contributed by atoms with Crippen molar-refractivity contribution in [1.29, 1.82) is 0 Å². The van der Waals surface area contributed by atoms with E-state index in [0.29, 0.717) is 18.7 Å². The molecule has 31 heavy (non-hydrogen) atoms. The number of carbonyl (C=O) groups excluding carboxylic acids is 1. The minimum Gasteiger partial charge on any atom is -0.320 e. The first-order chi connectivity index (χ1) is 14.7. The van der Waals surface area contributed by atoms with Crippen LogP contribution in [-0.4, -0.2) is 51.6 Å². The highest BCUT2D eigenvalue weighted by atomic mass is 32.2. The van der Waals surface area contributed by atoms with Crippen LogP contribution in [0.5, 0.6) is 0 Å². The molecule has 8 nitrogen and oxygen atoms in total. The zero-order chi connectivity index (χ0) is 22.8. The van der Waals surface area contributed by atoms with Crippen LogP contribution < -0.4 is 5.32 Å². The van der Waals surface area contributed by atoms with Crippen molar-refractivity contribution in [2.24, 2.45) is 0 Å². The molecule has 0 spiro atoms. The lowest BCUT2D eigenvalue weighted by molar-refractivity contribution is -0.115. The third-order valence-corrected chi connectivity index (χ3v) is 7.64. The van der Waals surface area contributed by atoms with Crippen LogP contribution in [0, 0.1) is 11.6 Å². The number of nitrogens with one attached hydrogen (secondary N) is 1. The molecule has 2 aromatic heterocycles. The van der Waals surface area contributed by atoms with Crippen LogP contribution in [0.25, 0.3) is 5.65 Å². The number of hydrogen-bond acceptors (Lipinski definition) is 6. The van der Waals surface area contributed by atoms with Crippen molar-refractivity contribution in [3.8, 4) is 0 Å². The summed E-state index contributed by atoms with van der Waals surface area (Å²) < 4.78 is 56.0. The Morgan fingerprint density at radius 2 is 1.81 bits per heavy atom. The Morgan fingerprint density at radius 3 is 2.42 bits per heavy atom. The first-order valence-electron chi connectivity index (χ1n) is 9.45. The third-order valence-electron chi connectivity index (χ3n) is 4.55. The number of halogens is 2. The van der Waals surface area contributed by atoms with Gasteiger partial charge in [0.1, 0.15) is 17.3 Å². The van der Waals surface area contributed by atoms with E-state index in [2.05, 4.69) is 15.5 Å². The molecule has 2 heterocycles. The summed E-state index contributed by atoms with van der Waals surface area (Å²) in [6.07, 6.45) is 1.40. The number of sulfonamides is 1. The SMILES string of the molecule is CCN(CC)S(=O)(=O)c1ccc2nnc(SC(C)C(=O)Nc3c(F)cccc3F)n2c1. The molecule has 1 atom stereocenters. The van der Waals surface area contributed by atoms with Crippen molar-refractivity contribution in [1.82, 2.24) is 18.9 Å². The first kappa shape index (κ1) is 23.1. The van der Waals surface area contributed by atoms with Gasteiger partial charge in [-0.3, -0.25) is 9.20 Å². The highest BCUT2D eigenvalue weighted by Crippen LogP contribution is 2.26. The Morgan fingerprint density at radius 1 is 1.16 bits per heavy atom. The van der Waals surface area contributed by atoms with Crippen LogP contribution in [0.2, 0.25) is 0 Å². The maximum atomic E-state index is 13.8. The molecule has 3 aromatic rings. The van der Waals surface area contributed by atoms with Gasteiger partial charge in [-0.1, -0.05) is 31.7 Å². The second-order valence-electron chi connectivity index (χ2n) is 6.51. The van der Waals surface area contributed by atoms with Gasteiger partial charge in [0.2, 0.25) is 15.9 Å². The van der Waals surface area contributed by atoms with Crippen LogP contribution >= 0.6 is 11.8 Å². The number of fused-ring (bicyclic) bond motifs is 1. The molecular formula is C19H21F2N5O3S2. The van der Waals surface area contributed by atoms with E-state index >= 15 is 0 Å². The summed E-state index contributed by atoms with van der Waals surface area (Å²) in [5.74, 6) is -2.41. The summed E-state index contributed by atoms with van der Waals surface area (Å²) in [5, 5.41) is 9.70. The average molecular weight is 470 g/mol. The van der Waals surface area contributed by atoms with E-state index in [1.807, 2.05) is 0 Å². The Labute approximate surface area is 182 Å². The van der Waals surface area contributed by atoms with Gasteiger partial charge in [0.15, 0.2) is 10.8 Å². The molecule has 0 saturated carbocycles. The van der Waals surface area contributed by atoms with Crippen molar-refractivity contribution in [3.63, 3.8) is 0 Å².